The normalized spacial score (nSPS) is 18.0. The first-order chi connectivity index (χ1) is 10.3. The van der Waals surface area contributed by atoms with Crippen LogP contribution in [-0.4, -0.2) is 45.8 Å². The van der Waals surface area contributed by atoms with E-state index in [2.05, 4.69) is 27.6 Å². The van der Waals surface area contributed by atoms with Crippen LogP contribution < -0.4 is 5.32 Å². The van der Waals surface area contributed by atoms with Crippen LogP contribution in [0.5, 0.6) is 0 Å². The van der Waals surface area contributed by atoms with E-state index in [0.717, 1.165) is 37.4 Å². The van der Waals surface area contributed by atoms with Gasteiger partial charge in [-0.2, -0.15) is 5.10 Å². The summed E-state index contributed by atoms with van der Waals surface area (Å²) in [7, 11) is 1.94. The molecule has 1 saturated heterocycles. The lowest BCUT2D eigenvalue weighted by molar-refractivity contribution is 0.164. The summed E-state index contributed by atoms with van der Waals surface area (Å²) in [4.78, 5) is 7.47. The fourth-order valence-electron chi connectivity index (χ4n) is 2.86. The molecule has 0 spiro atoms. The standard InChI is InChI=1S/C15H23N5S/c1-3-4-14(20-7-5-16-6-8-20)15-18-13(11-21-15)12-9-17-19(2)10-12/h9-11,14,16H,3-8H2,1-2H3. The molecule has 2 aromatic heterocycles. The van der Waals surface area contributed by atoms with Gasteiger partial charge < -0.3 is 5.32 Å². The molecule has 1 N–H and O–H groups in total. The number of hydrogen-bond donors (Lipinski definition) is 1. The van der Waals surface area contributed by atoms with E-state index in [4.69, 9.17) is 4.98 Å². The van der Waals surface area contributed by atoms with E-state index >= 15 is 0 Å². The maximum Gasteiger partial charge on any atom is 0.110 e. The van der Waals surface area contributed by atoms with E-state index in [1.165, 1.54) is 17.8 Å². The van der Waals surface area contributed by atoms with Crippen LogP contribution in [-0.2, 0) is 7.05 Å². The van der Waals surface area contributed by atoms with Gasteiger partial charge in [0.2, 0.25) is 0 Å². The number of rotatable bonds is 5. The van der Waals surface area contributed by atoms with Crippen molar-refractivity contribution in [2.45, 2.75) is 25.8 Å². The van der Waals surface area contributed by atoms with Gasteiger partial charge in [-0.3, -0.25) is 9.58 Å². The molecule has 0 amide bonds. The lowest BCUT2D eigenvalue weighted by Gasteiger charge is -2.33. The Kier molecular flexibility index (Phi) is 4.67. The van der Waals surface area contributed by atoms with Crippen LogP contribution in [0.2, 0.25) is 0 Å². The third-order valence-electron chi connectivity index (χ3n) is 3.96. The van der Waals surface area contributed by atoms with Crippen molar-refractivity contribution in [3.8, 4) is 11.3 Å². The number of nitrogens with zero attached hydrogens (tertiary/aromatic N) is 4. The average Bonchev–Trinajstić information content (AvgIpc) is 3.14. The zero-order valence-electron chi connectivity index (χ0n) is 12.7. The van der Waals surface area contributed by atoms with Gasteiger partial charge in [-0.25, -0.2) is 4.98 Å². The third-order valence-corrected chi connectivity index (χ3v) is 4.91. The number of thiazole rings is 1. The third kappa shape index (κ3) is 3.33. The van der Waals surface area contributed by atoms with Crippen LogP contribution in [0.15, 0.2) is 17.8 Å². The molecule has 1 unspecified atom stereocenters. The van der Waals surface area contributed by atoms with Crippen molar-refractivity contribution in [3.05, 3.63) is 22.8 Å². The zero-order chi connectivity index (χ0) is 14.7. The smallest absolute Gasteiger partial charge is 0.110 e. The molecule has 2 aromatic rings. The highest BCUT2D eigenvalue weighted by Gasteiger charge is 2.24. The van der Waals surface area contributed by atoms with Gasteiger partial charge in [0.25, 0.3) is 0 Å². The molecule has 1 aliphatic rings. The van der Waals surface area contributed by atoms with E-state index in [-0.39, 0.29) is 0 Å². The Hall–Kier alpha value is -1.24. The quantitative estimate of drug-likeness (QED) is 0.920. The van der Waals surface area contributed by atoms with Crippen molar-refractivity contribution in [1.82, 2.24) is 25.0 Å². The summed E-state index contributed by atoms with van der Waals surface area (Å²) in [5.74, 6) is 0. The monoisotopic (exact) mass is 305 g/mol. The molecule has 1 aliphatic heterocycles. The first-order valence-electron chi connectivity index (χ1n) is 7.67. The molecule has 0 bridgehead atoms. The summed E-state index contributed by atoms with van der Waals surface area (Å²) < 4.78 is 1.83. The van der Waals surface area contributed by atoms with Crippen molar-refractivity contribution in [3.63, 3.8) is 0 Å². The van der Waals surface area contributed by atoms with Gasteiger partial charge in [-0.15, -0.1) is 11.3 Å². The molecular formula is C15H23N5S. The highest BCUT2D eigenvalue weighted by molar-refractivity contribution is 7.10. The van der Waals surface area contributed by atoms with Gasteiger partial charge >= 0.3 is 0 Å². The molecule has 0 aromatic carbocycles. The van der Waals surface area contributed by atoms with Gasteiger partial charge in [0.15, 0.2) is 0 Å². The molecule has 6 heteroatoms. The lowest BCUT2D eigenvalue weighted by atomic mass is 10.1. The fraction of sp³-hybridized carbons (Fsp3) is 0.600. The predicted octanol–water partition coefficient (Wildman–Crippen LogP) is 2.29. The number of hydrogen-bond acceptors (Lipinski definition) is 5. The number of piperazine rings is 1. The van der Waals surface area contributed by atoms with E-state index in [0.29, 0.717) is 6.04 Å². The molecule has 3 rings (SSSR count). The van der Waals surface area contributed by atoms with Crippen LogP contribution >= 0.6 is 11.3 Å². The topological polar surface area (TPSA) is 46.0 Å². The summed E-state index contributed by atoms with van der Waals surface area (Å²) in [5, 5.41) is 11.1. The summed E-state index contributed by atoms with van der Waals surface area (Å²) in [6.07, 6.45) is 6.29. The summed E-state index contributed by atoms with van der Waals surface area (Å²) >= 11 is 1.79. The highest BCUT2D eigenvalue weighted by atomic mass is 32.1. The van der Waals surface area contributed by atoms with Crippen molar-refractivity contribution < 1.29 is 0 Å². The Labute approximate surface area is 130 Å². The molecular weight excluding hydrogens is 282 g/mol. The Morgan fingerprint density at radius 2 is 2.19 bits per heavy atom. The second-order valence-electron chi connectivity index (χ2n) is 5.56. The molecule has 3 heterocycles. The van der Waals surface area contributed by atoms with Crippen molar-refractivity contribution in [2.75, 3.05) is 26.2 Å². The van der Waals surface area contributed by atoms with Crippen molar-refractivity contribution >= 4 is 11.3 Å². The minimum atomic E-state index is 0.465. The van der Waals surface area contributed by atoms with Crippen LogP contribution in [0, 0.1) is 0 Å². The number of aromatic nitrogens is 3. The Morgan fingerprint density at radius 3 is 2.86 bits per heavy atom. The van der Waals surface area contributed by atoms with Gasteiger partial charge in [0.1, 0.15) is 5.01 Å². The first-order valence-corrected chi connectivity index (χ1v) is 8.55. The number of aryl methyl sites for hydroxylation is 1. The Balaban J connectivity index is 1.81. The maximum atomic E-state index is 4.89. The van der Waals surface area contributed by atoms with Crippen molar-refractivity contribution in [1.29, 1.82) is 0 Å². The van der Waals surface area contributed by atoms with Crippen molar-refractivity contribution in [2.24, 2.45) is 7.05 Å². The molecule has 0 radical (unpaired) electrons. The SMILES string of the molecule is CCCC(c1nc(-c2cnn(C)c2)cs1)N1CCNCC1. The minimum absolute atomic E-state index is 0.465. The largest absolute Gasteiger partial charge is 0.314 e. The van der Waals surface area contributed by atoms with Crippen LogP contribution in [0.3, 0.4) is 0 Å². The van der Waals surface area contributed by atoms with Gasteiger partial charge in [0.05, 0.1) is 17.9 Å². The lowest BCUT2D eigenvalue weighted by Crippen LogP contribution is -2.45. The van der Waals surface area contributed by atoms with Gasteiger partial charge in [-0.05, 0) is 6.42 Å². The van der Waals surface area contributed by atoms with Gasteiger partial charge in [0, 0.05) is 50.4 Å². The van der Waals surface area contributed by atoms with E-state index in [1.807, 2.05) is 24.1 Å². The molecule has 1 fully saturated rings. The summed E-state index contributed by atoms with van der Waals surface area (Å²) in [6.45, 7) is 6.66. The molecule has 0 saturated carbocycles. The second-order valence-corrected chi connectivity index (χ2v) is 6.45. The van der Waals surface area contributed by atoms with E-state index in [1.54, 1.807) is 11.3 Å². The zero-order valence-corrected chi connectivity index (χ0v) is 13.6. The molecule has 1 atom stereocenters. The van der Waals surface area contributed by atoms with Crippen LogP contribution in [0.1, 0.15) is 30.8 Å². The number of nitrogens with one attached hydrogen (secondary N) is 1. The minimum Gasteiger partial charge on any atom is -0.314 e. The van der Waals surface area contributed by atoms with Crippen LogP contribution in [0.4, 0.5) is 0 Å². The molecule has 21 heavy (non-hydrogen) atoms. The average molecular weight is 305 g/mol. The first kappa shape index (κ1) is 14.7. The van der Waals surface area contributed by atoms with Gasteiger partial charge in [-0.1, -0.05) is 13.3 Å². The fourth-order valence-corrected chi connectivity index (χ4v) is 3.85. The van der Waals surface area contributed by atoms with E-state index in [9.17, 15) is 0 Å². The second kappa shape index (κ2) is 6.68. The Morgan fingerprint density at radius 1 is 1.38 bits per heavy atom. The highest BCUT2D eigenvalue weighted by Crippen LogP contribution is 2.31. The molecule has 114 valence electrons. The maximum absolute atomic E-state index is 4.89. The molecule has 0 aliphatic carbocycles. The van der Waals surface area contributed by atoms with E-state index < -0.39 is 0 Å². The Bertz CT molecular complexity index is 570. The predicted molar refractivity (Wildman–Crippen MR) is 86.4 cm³/mol. The molecule has 5 nitrogen and oxygen atoms in total. The summed E-state index contributed by atoms with van der Waals surface area (Å²) in [6, 6.07) is 0.465. The summed E-state index contributed by atoms with van der Waals surface area (Å²) in [5.41, 5.74) is 2.16. The van der Waals surface area contributed by atoms with Crippen LogP contribution in [0.25, 0.3) is 11.3 Å².